The van der Waals surface area contributed by atoms with Gasteiger partial charge in [-0.3, -0.25) is 4.21 Å². The zero-order valence-corrected chi connectivity index (χ0v) is 12.4. The second-order valence-electron chi connectivity index (χ2n) is 4.32. The summed E-state index contributed by atoms with van der Waals surface area (Å²) >= 11 is 5.70. The first-order valence-corrected chi connectivity index (χ1v) is 7.65. The van der Waals surface area contributed by atoms with Crippen LogP contribution in [0.2, 0.25) is 5.02 Å². The van der Waals surface area contributed by atoms with Crippen LogP contribution in [0, 0.1) is 5.82 Å². The molecule has 0 amide bonds. The topological polar surface area (TPSA) is 29.1 Å². The van der Waals surface area contributed by atoms with Crippen molar-refractivity contribution in [3.05, 3.63) is 29.0 Å². The Morgan fingerprint density at radius 2 is 2.11 bits per heavy atom. The lowest BCUT2D eigenvalue weighted by Gasteiger charge is -2.20. The molecule has 0 heterocycles. The Hall–Kier alpha value is -0.450. The number of benzene rings is 1. The van der Waals surface area contributed by atoms with Crippen LogP contribution in [0.25, 0.3) is 0 Å². The third-order valence-electron chi connectivity index (χ3n) is 2.88. The molecule has 0 saturated heterocycles. The number of hydrogen-bond donors (Lipinski definition) is 1. The van der Waals surface area contributed by atoms with Crippen LogP contribution in [0.4, 0.5) is 4.39 Å². The van der Waals surface area contributed by atoms with E-state index in [0.717, 1.165) is 13.0 Å². The lowest BCUT2D eigenvalue weighted by atomic mass is 10.2. The molecule has 0 aliphatic carbocycles. The molecule has 102 valence electrons. The van der Waals surface area contributed by atoms with Crippen LogP contribution in [0.1, 0.15) is 27.2 Å². The average molecular weight is 292 g/mol. The van der Waals surface area contributed by atoms with Gasteiger partial charge in [0.2, 0.25) is 0 Å². The fraction of sp³-hybridized carbons (Fsp3) is 0.538. The Morgan fingerprint density at radius 1 is 1.44 bits per heavy atom. The van der Waals surface area contributed by atoms with Crippen molar-refractivity contribution in [3.8, 4) is 0 Å². The molecule has 0 aliphatic heterocycles. The SMILES string of the molecule is CCCNC(C)C(C)S(=O)c1ccc(F)c(Cl)c1. The lowest BCUT2D eigenvalue weighted by molar-refractivity contribution is 0.531. The fourth-order valence-electron chi connectivity index (χ4n) is 1.54. The van der Waals surface area contributed by atoms with Crippen molar-refractivity contribution >= 4 is 22.4 Å². The summed E-state index contributed by atoms with van der Waals surface area (Å²) < 4.78 is 25.3. The van der Waals surface area contributed by atoms with Crippen molar-refractivity contribution in [2.24, 2.45) is 0 Å². The summed E-state index contributed by atoms with van der Waals surface area (Å²) in [6.07, 6.45) is 1.03. The molecule has 0 saturated carbocycles. The largest absolute Gasteiger partial charge is 0.313 e. The van der Waals surface area contributed by atoms with E-state index in [-0.39, 0.29) is 16.3 Å². The zero-order valence-electron chi connectivity index (χ0n) is 10.9. The number of nitrogens with one attached hydrogen (secondary N) is 1. The number of rotatable bonds is 6. The van der Waals surface area contributed by atoms with Crippen molar-refractivity contribution in [2.45, 2.75) is 43.4 Å². The quantitative estimate of drug-likeness (QED) is 0.871. The highest BCUT2D eigenvalue weighted by molar-refractivity contribution is 7.85. The summed E-state index contributed by atoms with van der Waals surface area (Å²) in [6.45, 7) is 6.90. The van der Waals surface area contributed by atoms with Crippen LogP contribution in [0.5, 0.6) is 0 Å². The van der Waals surface area contributed by atoms with Crippen LogP contribution in [0.3, 0.4) is 0 Å². The lowest BCUT2D eigenvalue weighted by Crippen LogP contribution is -2.38. The molecule has 18 heavy (non-hydrogen) atoms. The zero-order chi connectivity index (χ0) is 13.7. The highest BCUT2D eigenvalue weighted by Gasteiger charge is 2.20. The van der Waals surface area contributed by atoms with E-state index in [1.807, 2.05) is 13.8 Å². The molecule has 1 N–H and O–H groups in total. The molecule has 0 fully saturated rings. The third-order valence-corrected chi connectivity index (χ3v) is 4.97. The molecule has 5 heteroatoms. The Balaban J connectivity index is 2.76. The van der Waals surface area contributed by atoms with E-state index in [4.69, 9.17) is 11.6 Å². The van der Waals surface area contributed by atoms with Gasteiger partial charge in [-0.15, -0.1) is 0 Å². The minimum atomic E-state index is -1.19. The maximum atomic E-state index is 13.0. The molecule has 2 nitrogen and oxygen atoms in total. The average Bonchev–Trinajstić information content (AvgIpc) is 2.37. The molecule has 0 aromatic heterocycles. The molecular weight excluding hydrogens is 273 g/mol. The monoisotopic (exact) mass is 291 g/mol. The molecule has 0 bridgehead atoms. The van der Waals surface area contributed by atoms with Crippen molar-refractivity contribution < 1.29 is 8.60 Å². The van der Waals surface area contributed by atoms with Gasteiger partial charge in [0.1, 0.15) is 5.82 Å². The van der Waals surface area contributed by atoms with E-state index in [2.05, 4.69) is 12.2 Å². The highest BCUT2D eigenvalue weighted by atomic mass is 35.5. The van der Waals surface area contributed by atoms with E-state index >= 15 is 0 Å². The summed E-state index contributed by atoms with van der Waals surface area (Å²) in [5, 5.41) is 3.27. The van der Waals surface area contributed by atoms with Gasteiger partial charge in [0.15, 0.2) is 0 Å². The van der Waals surface area contributed by atoms with E-state index in [1.165, 1.54) is 18.2 Å². The summed E-state index contributed by atoms with van der Waals surface area (Å²) in [5.41, 5.74) is 0. The molecule has 1 rings (SSSR count). The van der Waals surface area contributed by atoms with Gasteiger partial charge in [-0.25, -0.2) is 4.39 Å². The van der Waals surface area contributed by atoms with Gasteiger partial charge in [-0.1, -0.05) is 18.5 Å². The second kappa shape index (κ2) is 7.22. The smallest absolute Gasteiger partial charge is 0.141 e. The summed E-state index contributed by atoms with van der Waals surface area (Å²) in [7, 11) is -1.19. The number of halogens is 2. The maximum absolute atomic E-state index is 13.0. The molecule has 0 aliphatic rings. The minimum Gasteiger partial charge on any atom is -0.313 e. The Bertz CT molecular complexity index is 427. The van der Waals surface area contributed by atoms with Gasteiger partial charge in [-0.2, -0.15) is 0 Å². The standard InChI is InChI=1S/C13H19ClFNOS/c1-4-7-16-9(2)10(3)18(17)11-5-6-13(15)12(14)8-11/h5-6,8-10,16H,4,7H2,1-3H3. The molecule has 3 unspecified atom stereocenters. The Labute approximate surface area is 115 Å². The van der Waals surface area contributed by atoms with E-state index in [1.54, 1.807) is 0 Å². The predicted octanol–water partition coefficient (Wildman–Crippen LogP) is 3.36. The first-order valence-electron chi connectivity index (χ1n) is 6.06. The maximum Gasteiger partial charge on any atom is 0.141 e. The van der Waals surface area contributed by atoms with Crippen molar-refractivity contribution in [1.82, 2.24) is 5.32 Å². The molecule has 0 spiro atoms. The van der Waals surface area contributed by atoms with Crippen LogP contribution >= 0.6 is 11.6 Å². The molecule has 1 aromatic carbocycles. The molecule has 1 aromatic rings. The summed E-state index contributed by atoms with van der Waals surface area (Å²) in [6, 6.07) is 4.36. The first-order chi connectivity index (χ1) is 8.47. The first kappa shape index (κ1) is 15.6. The summed E-state index contributed by atoms with van der Waals surface area (Å²) in [5.74, 6) is -0.484. The van der Waals surface area contributed by atoms with Gasteiger partial charge < -0.3 is 5.32 Å². The van der Waals surface area contributed by atoms with Crippen molar-refractivity contribution in [2.75, 3.05) is 6.54 Å². The Kier molecular flexibility index (Phi) is 6.26. The van der Waals surface area contributed by atoms with E-state index in [9.17, 15) is 8.60 Å². The van der Waals surface area contributed by atoms with Gasteiger partial charge in [0.25, 0.3) is 0 Å². The van der Waals surface area contributed by atoms with Crippen LogP contribution in [-0.2, 0) is 10.8 Å². The van der Waals surface area contributed by atoms with Gasteiger partial charge >= 0.3 is 0 Å². The summed E-state index contributed by atoms with van der Waals surface area (Å²) in [4.78, 5) is 0.569. The molecule has 3 atom stereocenters. The van der Waals surface area contributed by atoms with Gasteiger partial charge in [0, 0.05) is 10.9 Å². The minimum absolute atomic E-state index is 0.0159. The number of hydrogen-bond acceptors (Lipinski definition) is 2. The van der Waals surface area contributed by atoms with Gasteiger partial charge in [0.05, 0.1) is 21.1 Å². The molecular formula is C13H19ClFNOS. The van der Waals surface area contributed by atoms with Crippen LogP contribution in [0.15, 0.2) is 23.1 Å². The van der Waals surface area contributed by atoms with Crippen molar-refractivity contribution in [3.63, 3.8) is 0 Å². The molecule has 0 radical (unpaired) electrons. The highest BCUT2D eigenvalue weighted by Crippen LogP contribution is 2.21. The van der Waals surface area contributed by atoms with Crippen molar-refractivity contribution in [1.29, 1.82) is 0 Å². The normalized spacial score (nSPS) is 16.3. The fourth-order valence-corrected chi connectivity index (χ4v) is 3.12. The van der Waals surface area contributed by atoms with E-state index < -0.39 is 16.6 Å². The third kappa shape index (κ3) is 4.04. The van der Waals surface area contributed by atoms with Gasteiger partial charge in [-0.05, 0) is 45.0 Å². The van der Waals surface area contributed by atoms with Crippen LogP contribution < -0.4 is 5.32 Å². The Morgan fingerprint density at radius 3 is 2.67 bits per heavy atom. The predicted molar refractivity (Wildman–Crippen MR) is 75.0 cm³/mol. The second-order valence-corrected chi connectivity index (χ2v) is 6.54. The van der Waals surface area contributed by atoms with E-state index in [0.29, 0.717) is 4.90 Å². The van der Waals surface area contributed by atoms with Crippen LogP contribution in [-0.4, -0.2) is 22.0 Å².